The van der Waals surface area contributed by atoms with E-state index in [2.05, 4.69) is 68.3 Å². The number of aryl methyl sites for hydroxylation is 2. The predicted octanol–water partition coefficient (Wildman–Crippen LogP) is 3.57. The minimum Gasteiger partial charge on any atom is -0.344 e. The lowest BCUT2D eigenvalue weighted by molar-refractivity contribution is 0.957. The Balaban J connectivity index is 2.32. The highest BCUT2D eigenvalue weighted by atomic mass is 15.1. The average Bonchev–Trinajstić information content (AvgIpc) is 2.41. The van der Waals surface area contributed by atoms with E-state index in [1.165, 1.54) is 28.1 Å². The number of nitrogens with zero attached hydrogens (tertiary/aromatic N) is 1. The van der Waals surface area contributed by atoms with Crippen LogP contribution in [0.4, 0.5) is 11.4 Å². The number of nitrogens with two attached hydrogens (primary N) is 1. The summed E-state index contributed by atoms with van der Waals surface area (Å²) in [5.74, 6) is 0. The molecule has 0 aromatic heterocycles. The maximum absolute atomic E-state index is 5.63. The van der Waals surface area contributed by atoms with Crippen molar-refractivity contribution in [2.24, 2.45) is 5.73 Å². The zero-order valence-corrected chi connectivity index (χ0v) is 12.0. The summed E-state index contributed by atoms with van der Waals surface area (Å²) in [4.78, 5) is 2.23. The minimum atomic E-state index is 0.702. The second-order valence-corrected chi connectivity index (χ2v) is 4.99. The monoisotopic (exact) mass is 254 g/mol. The van der Waals surface area contributed by atoms with Gasteiger partial charge >= 0.3 is 0 Å². The first kappa shape index (κ1) is 13.6. The number of anilines is 2. The maximum atomic E-state index is 5.63. The van der Waals surface area contributed by atoms with Crippen LogP contribution in [0.25, 0.3) is 0 Å². The van der Waals surface area contributed by atoms with Gasteiger partial charge in [-0.3, -0.25) is 0 Å². The van der Waals surface area contributed by atoms with Crippen molar-refractivity contribution in [2.45, 2.75) is 20.3 Å². The van der Waals surface area contributed by atoms with Crippen molar-refractivity contribution in [3.63, 3.8) is 0 Å². The molecule has 0 bridgehead atoms. The molecule has 0 atom stereocenters. The molecule has 2 heteroatoms. The molecule has 0 aliphatic carbocycles. The second-order valence-electron chi connectivity index (χ2n) is 4.99. The summed E-state index contributed by atoms with van der Waals surface area (Å²) < 4.78 is 0. The van der Waals surface area contributed by atoms with Crippen LogP contribution in [-0.2, 0) is 6.42 Å². The van der Waals surface area contributed by atoms with E-state index >= 15 is 0 Å². The molecule has 0 fully saturated rings. The van der Waals surface area contributed by atoms with E-state index in [0.29, 0.717) is 6.54 Å². The molecule has 0 radical (unpaired) electrons. The first-order valence-corrected chi connectivity index (χ1v) is 6.72. The molecular formula is C17H22N2. The molecular weight excluding hydrogens is 232 g/mol. The van der Waals surface area contributed by atoms with E-state index in [1.807, 2.05) is 0 Å². The van der Waals surface area contributed by atoms with Crippen molar-refractivity contribution in [1.82, 2.24) is 0 Å². The van der Waals surface area contributed by atoms with Crippen molar-refractivity contribution in [1.29, 1.82) is 0 Å². The first-order chi connectivity index (χ1) is 9.13. The summed E-state index contributed by atoms with van der Waals surface area (Å²) in [6.07, 6.45) is 0.945. The SMILES string of the molecule is Cc1cc(N(C)c2ccccc2C)ccc1CCN. The Kier molecular flexibility index (Phi) is 4.23. The van der Waals surface area contributed by atoms with E-state index in [4.69, 9.17) is 5.73 Å². The number of benzene rings is 2. The summed E-state index contributed by atoms with van der Waals surface area (Å²) in [6.45, 7) is 5.00. The normalized spacial score (nSPS) is 10.5. The Hall–Kier alpha value is -1.80. The minimum absolute atomic E-state index is 0.702. The third kappa shape index (κ3) is 2.96. The van der Waals surface area contributed by atoms with Gasteiger partial charge in [-0.05, 0) is 61.7 Å². The number of para-hydroxylation sites is 1. The highest BCUT2D eigenvalue weighted by Gasteiger charge is 2.07. The highest BCUT2D eigenvalue weighted by molar-refractivity contribution is 5.66. The Morgan fingerprint density at radius 3 is 2.37 bits per heavy atom. The van der Waals surface area contributed by atoms with Gasteiger partial charge in [0, 0.05) is 18.4 Å². The fourth-order valence-electron chi connectivity index (χ4n) is 2.40. The Morgan fingerprint density at radius 2 is 1.74 bits per heavy atom. The van der Waals surface area contributed by atoms with Crippen molar-refractivity contribution >= 4 is 11.4 Å². The van der Waals surface area contributed by atoms with Crippen molar-refractivity contribution in [3.8, 4) is 0 Å². The van der Waals surface area contributed by atoms with Gasteiger partial charge in [-0.25, -0.2) is 0 Å². The van der Waals surface area contributed by atoms with E-state index in [1.54, 1.807) is 0 Å². The third-order valence-electron chi connectivity index (χ3n) is 3.60. The third-order valence-corrected chi connectivity index (χ3v) is 3.60. The molecule has 2 nitrogen and oxygen atoms in total. The van der Waals surface area contributed by atoms with E-state index < -0.39 is 0 Å². The van der Waals surface area contributed by atoms with E-state index in [0.717, 1.165) is 6.42 Å². The Labute approximate surface area is 115 Å². The number of rotatable bonds is 4. The van der Waals surface area contributed by atoms with Crippen LogP contribution in [0, 0.1) is 13.8 Å². The van der Waals surface area contributed by atoms with Gasteiger partial charge in [0.2, 0.25) is 0 Å². The summed E-state index contributed by atoms with van der Waals surface area (Å²) in [7, 11) is 2.11. The van der Waals surface area contributed by atoms with Gasteiger partial charge < -0.3 is 10.6 Å². The molecule has 0 unspecified atom stereocenters. The van der Waals surface area contributed by atoms with Crippen molar-refractivity contribution in [2.75, 3.05) is 18.5 Å². The van der Waals surface area contributed by atoms with Gasteiger partial charge in [-0.1, -0.05) is 24.3 Å². The number of hydrogen-bond acceptors (Lipinski definition) is 2. The lowest BCUT2D eigenvalue weighted by Gasteiger charge is -2.22. The molecule has 2 N–H and O–H groups in total. The molecule has 0 spiro atoms. The van der Waals surface area contributed by atoms with Crippen LogP contribution in [0.5, 0.6) is 0 Å². The molecule has 19 heavy (non-hydrogen) atoms. The molecule has 0 heterocycles. The van der Waals surface area contributed by atoms with Crippen molar-refractivity contribution < 1.29 is 0 Å². The quantitative estimate of drug-likeness (QED) is 0.903. The molecule has 0 amide bonds. The highest BCUT2D eigenvalue weighted by Crippen LogP contribution is 2.28. The fraction of sp³-hybridized carbons (Fsp3) is 0.294. The molecule has 0 aliphatic rings. The van der Waals surface area contributed by atoms with Crippen LogP contribution < -0.4 is 10.6 Å². The van der Waals surface area contributed by atoms with Gasteiger partial charge in [0.25, 0.3) is 0 Å². The Bertz CT molecular complexity index is 561. The lowest BCUT2D eigenvalue weighted by atomic mass is 10.0. The van der Waals surface area contributed by atoms with Crippen molar-refractivity contribution in [3.05, 3.63) is 59.2 Å². The van der Waals surface area contributed by atoms with Gasteiger partial charge in [-0.2, -0.15) is 0 Å². The standard InChI is InChI=1S/C17H22N2/c1-13-6-4-5-7-17(13)19(3)16-9-8-15(10-11-18)14(2)12-16/h4-9,12H,10-11,18H2,1-3H3. The summed E-state index contributed by atoms with van der Waals surface area (Å²) in [5.41, 5.74) is 12.0. The largest absolute Gasteiger partial charge is 0.344 e. The fourth-order valence-corrected chi connectivity index (χ4v) is 2.40. The van der Waals surface area contributed by atoms with Crippen LogP contribution in [-0.4, -0.2) is 13.6 Å². The molecule has 0 aliphatic heterocycles. The topological polar surface area (TPSA) is 29.3 Å². The molecule has 2 aromatic carbocycles. The average molecular weight is 254 g/mol. The number of hydrogen-bond donors (Lipinski definition) is 1. The van der Waals surface area contributed by atoms with Gasteiger partial charge in [-0.15, -0.1) is 0 Å². The van der Waals surface area contributed by atoms with Crippen LogP contribution in [0.2, 0.25) is 0 Å². The summed E-state index contributed by atoms with van der Waals surface area (Å²) in [5, 5.41) is 0. The zero-order chi connectivity index (χ0) is 13.8. The van der Waals surface area contributed by atoms with Crippen LogP contribution in [0.15, 0.2) is 42.5 Å². The maximum Gasteiger partial charge on any atom is 0.0437 e. The first-order valence-electron chi connectivity index (χ1n) is 6.72. The lowest BCUT2D eigenvalue weighted by Crippen LogP contribution is -2.11. The van der Waals surface area contributed by atoms with E-state index in [9.17, 15) is 0 Å². The second kappa shape index (κ2) is 5.89. The molecule has 0 saturated carbocycles. The zero-order valence-electron chi connectivity index (χ0n) is 12.0. The molecule has 2 aromatic rings. The predicted molar refractivity (Wildman–Crippen MR) is 83.2 cm³/mol. The Morgan fingerprint density at radius 1 is 1.00 bits per heavy atom. The van der Waals surface area contributed by atoms with Crippen LogP contribution >= 0.6 is 0 Å². The summed E-state index contributed by atoms with van der Waals surface area (Å²) in [6, 6.07) is 15.0. The smallest absolute Gasteiger partial charge is 0.0437 e. The molecule has 100 valence electrons. The van der Waals surface area contributed by atoms with Crippen LogP contribution in [0.3, 0.4) is 0 Å². The molecule has 0 saturated heterocycles. The summed E-state index contributed by atoms with van der Waals surface area (Å²) >= 11 is 0. The van der Waals surface area contributed by atoms with Crippen LogP contribution in [0.1, 0.15) is 16.7 Å². The van der Waals surface area contributed by atoms with Gasteiger partial charge in [0.15, 0.2) is 0 Å². The van der Waals surface area contributed by atoms with E-state index in [-0.39, 0.29) is 0 Å². The molecule has 2 rings (SSSR count). The van der Waals surface area contributed by atoms with Gasteiger partial charge in [0.1, 0.15) is 0 Å². The van der Waals surface area contributed by atoms with Gasteiger partial charge in [0.05, 0.1) is 0 Å².